The maximum Gasteiger partial charge on any atom is 0.237 e. The largest absolute Gasteiger partial charge is 0.369 e. The highest BCUT2D eigenvalue weighted by molar-refractivity contribution is 8.00. The number of nitrogens with two attached hydrogens (primary N) is 1. The quantitative estimate of drug-likeness (QED) is 0.827. The lowest BCUT2D eigenvalue weighted by atomic mass is 9.85. The molecule has 2 N–H and O–H groups in total. The molecule has 2 aromatic rings. The summed E-state index contributed by atoms with van der Waals surface area (Å²) in [5.74, 6) is -0.431. The second-order valence-corrected chi connectivity index (χ2v) is 7.51. The Balaban J connectivity index is 1.83. The summed E-state index contributed by atoms with van der Waals surface area (Å²) in [7, 11) is 0. The first-order valence-corrected chi connectivity index (χ1v) is 9.43. The van der Waals surface area contributed by atoms with Crippen molar-refractivity contribution in [3.8, 4) is 0 Å². The maximum atomic E-state index is 12.9. The van der Waals surface area contributed by atoms with Crippen LogP contribution in [0.5, 0.6) is 0 Å². The van der Waals surface area contributed by atoms with Crippen molar-refractivity contribution in [1.82, 2.24) is 0 Å². The molecule has 0 bridgehead atoms. The van der Waals surface area contributed by atoms with E-state index in [4.69, 9.17) is 17.3 Å². The first-order valence-electron chi connectivity index (χ1n) is 8.06. The van der Waals surface area contributed by atoms with Gasteiger partial charge in [-0.15, -0.1) is 11.8 Å². The molecule has 2 amide bonds. The third-order valence-corrected chi connectivity index (χ3v) is 5.89. The molecule has 0 saturated heterocycles. The Bertz CT molecular complexity index is 812. The standard InChI is InChI=1S/C19H19ClN2O2S/c1-12-10-14(19(21)24)13-6-2-4-8-16(13)22(12)18(23)11-25-17-9-5-3-7-15(17)20/h2-9,12,14H,10-11H2,1H3,(H2,21,24)/t12-,14+/m0/s1. The van der Waals surface area contributed by atoms with Crippen LogP contribution in [0.25, 0.3) is 0 Å². The van der Waals surface area contributed by atoms with Gasteiger partial charge in [0.15, 0.2) is 0 Å². The van der Waals surface area contributed by atoms with Gasteiger partial charge in [-0.1, -0.05) is 41.9 Å². The molecule has 1 aliphatic rings. The summed E-state index contributed by atoms with van der Waals surface area (Å²) in [6.07, 6.45) is 0.537. The van der Waals surface area contributed by atoms with Crippen molar-refractivity contribution in [1.29, 1.82) is 0 Å². The molecule has 6 heteroatoms. The number of thioether (sulfide) groups is 1. The molecule has 2 atom stereocenters. The van der Waals surface area contributed by atoms with E-state index in [1.165, 1.54) is 11.8 Å². The minimum Gasteiger partial charge on any atom is -0.369 e. The SMILES string of the molecule is C[C@H]1C[C@@H](C(N)=O)c2ccccc2N1C(=O)CSc1ccccc1Cl. The van der Waals surface area contributed by atoms with Gasteiger partial charge in [0.1, 0.15) is 0 Å². The number of amides is 2. The van der Waals surface area contributed by atoms with Gasteiger partial charge in [0, 0.05) is 16.6 Å². The predicted molar refractivity (Wildman–Crippen MR) is 102 cm³/mol. The van der Waals surface area contributed by atoms with Crippen LogP contribution < -0.4 is 10.6 Å². The summed E-state index contributed by atoms with van der Waals surface area (Å²) < 4.78 is 0. The lowest BCUT2D eigenvalue weighted by molar-refractivity contribution is -0.121. The molecule has 2 aromatic carbocycles. The van der Waals surface area contributed by atoms with E-state index in [9.17, 15) is 9.59 Å². The van der Waals surface area contributed by atoms with Crippen LogP contribution in [0.15, 0.2) is 53.4 Å². The molecule has 0 unspecified atom stereocenters. The minimum absolute atomic E-state index is 0.00668. The number of carbonyl (C=O) groups excluding carboxylic acids is 2. The number of para-hydroxylation sites is 1. The van der Waals surface area contributed by atoms with Gasteiger partial charge in [-0.2, -0.15) is 0 Å². The smallest absolute Gasteiger partial charge is 0.237 e. The maximum absolute atomic E-state index is 12.9. The Kier molecular flexibility index (Phi) is 5.35. The Morgan fingerprint density at radius 2 is 1.88 bits per heavy atom. The number of fused-ring (bicyclic) bond motifs is 1. The summed E-state index contributed by atoms with van der Waals surface area (Å²) in [5.41, 5.74) is 7.15. The molecule has 4 nitrogen and oxygen atoms in total. The fourth-order valence-corrected chi connectivity index (χ4v) is 4.33. The van der Waals surface area contributed by atoms with Crippen molar-refractivity contribution in [2.45, 2.75) is 30.2 Å². The van der Waals surface area contributed by atoms with E-state index in [2.05, 4.69) is 0 Å². The fourth-order valence-electron chi connectivity index (χ4n) is 3.23. The van der Waals surface area contributed by atoms with Crippen LogP contribution in [0.3, 0.4) is 0 Å². The topological polar surface area (TPSA) is 63.4 Å². The summed E-state index contributed by atoms with van der Waals surface area (Å²) in [6, 6.07) is 14.9. The van der Waals surface area contributed by atoms with Gasteiger partial charge < -0.3 is 10.6 Å². The van der Waals surface area contributed by atoms with E-state index in [0.29, 0.717) is 11.4 Å². The molecule has 1 aliphatic heterocycles. The van der Waals surface area contributed by atoms with Crippen molar-refractivity contribution < 1.29 is 9.59 Å². The number of hydrogen-bond donors (Lipinski definition) is 1. The van der Waals surface area contributed by atoms with E-state index in [1.807, 2.05) is 55.5 Å². The summed E-state index contributed by atoms with van der Waals surface area (Å²) in [4.78, 5) is 27.3. The molecule has 0 saturated carbocycles. The summed E-state index contributed by atoms with van der Waals surface area (Å²) >= 11 is 7.58. The van der Waals surface area contributed by atoms with Gasteiger partial charge in [0.05, 0.1) is 16.7 Å². The molecule has 0 aromatic heterocycles. The second kappa shape index (κ2) is 7.50. The van der Waals surface area contributed by atoms with Crippen LogP contribution in [0.4, 0.5) is 5.69 Å². The van der Waals surface area contributed by atoms with Crippen molar-refractivity contribution in [2.24, 2.45) is 5.73 Å². The molecule has 0 aliphatic carbocycles. The van der Waals surface area contributed by atoms with Gasteiger partial charge in [0.25, 0.3) is 0 Å². The average Bonchev–Trinajstić information content (AvgIpc) is 2.60. The zero-order valence-electron chi connectivity index (χ0n) is 13.8. The average molecular weight is 375 g/mol. The number of nitrogens with zero attached hydrogens (tertiary/aromatic N) is 1. The van der Waals surface area contributed by atoms with Crippen molar-refractivity contribution in [2.75, 3.05) is 10.7 Å². The number of rotatable bonds is 4. The minimum atomic E-state index is -0.355. The molecule has 130 valence electrons. The van der Waals surface area contributed by atoms with Crippen molar-refractivity contribution >= 4 is 40.9 Å². The zero-order valence-corrected chi connectivity index (χ0v) is 15.4. The molecule has 0 radical (unpaired) electrons. The highest BCUT2D eigenvalue weighted by Gasteiger charge is 2.35. The molecule has 3 rings (SSSR count). The first-order chi connectivity index (χ1) is 12.0. The Morgan fingerprint density at radius 3 is 2.60 bits per heavy atom. The number of primary amides is 1. The first kappa shape index (κ1) is 17.8. The number of carbonyl (C=O) groups is 2. The predicted octanol–water partition coefficient (Wildman–Crippen LogP) is 3.83. The van der Waals surface area contributed by atoms with E-state index in [1.54, 1.807) is 4.90 Å². The van der Waals surface area contributed by atoms with Crippen LogP contribution >= 0.6 is 23.4 Å². The highest BCUT2D eigenvalue weighted by Crippen LogP contribution is 2.39. The normalized spacial score (nSPS) is 19.4. The van der Waals surface area contributed by atoms with Gasteiger partial charge >= 0.3 is 0 Å². The van der Waals surface area contributed by atoms with Gasteiger partial charge in [0.2, 0.25) is 11.8 Å². The highest BCUT2D eigenvalue weighted by atomic mass is 35.5. The van der Waals surface area contributed by atoms with Gasteiger partial charge in [-0.05, 0) is 37.1 Å². The monoisotopic (exact) mass is 374 g/mol. The second-order valence-electron chi connectivity index (χ2n) is 6.08. The Labute approximate surface area is 156 Å². The molecule has 0 fully saturated rings. The number of benzene rings is 2. The summed E-state index contributed by atoms with van der Waals surface area (Å²) in [6.45, 7) is 1.95. The number of anilines is 1. The fraction of sp³-hybridized carbons (Fsp3) is 0.263. The third-order valence-electron chi connectivity index (χ3n) is 4.39. The van der Waals surface area contributed by atoms with Crippen LogP contribution in [-0.2, 0) is 9.59 Å². The lowest BCUT2D eigenvalue weighted by Gasteiger charge is -2.38. The molecule has 1 heterocycles. The zero-order chi connectivity index (χ0) is 18.0. The van der Waals surface area contributed by atoms with Crippen LogP contribution in [0.1, 0.15) is 24.8 Å². The van der Waals surface area contributed by atoms with Crippen molar-refractivity contribution in [3.05, 3.63) is 59.1 Å². The molecule has 25 heavy (non-hydrogen) atoms. The van der Waals surface area contributed by atoms with Crippen molar-refractivity contribution in [3.63, 3.8) is 0 Å². The van der Waals surface area contributed by atoms with Gasteiger partial charge in [-0.25, -0.2) is 0 Å². The van der Waals surface area contributed by atoms with E-state index >= 15 is 0 Å². The summed E-state index contributed by atoms with van der Waals surface area (Å²) in [5, 5.41) is 0.640. The van der Waals surface area contributed by atoms with E-state index in [0.717, 1.165) is 16.1 Å². The Morgan fingerprint density at radius 1 is 1.20 bits per heavy atom. The Hall–Kier alpha value is -1.98. The number of hydrogen-bond acceptors (Lipinski definition) is 3. The van der Waals surface area contributed by atoms with E-state index in [-0.39, 0.29) is 29.5 Å². The molecular formula is C19H19ClN2O2S. The van der Waals surface area contributed by atoms with Crippen LogP contribution in [-0.4, -0.2) is 23.6 Å². The van der Waals surface area contributed by atoms with Gasteiger partial charge in [-0.3, -0.25) is 9.59 Å². The van der Waals surface area contributed by atoms with Crippen LogP contribution in [0, 0.1) is 0 Å². The molecular weight excluding hydrogens is 356 g/mol. The third kappa shape index (κ3) is 3.67. The molecule has 0 spiro atoms. The lowest BCUT2D eigenvalue weighted by Crippen LogP contribution is -2.46. The van der Waals surface area contributed by atoms with Crippen LogP contribution in [0.2, 0.25) is 5.02 Å². The van der Waals surface area contributed by atoms with E-state index < -0.39 is 0 Å². The number of halogens is 1.